The maximum Gasteiger partial charge on any atom is 0.322 e. The Hall–Kier alpha value is -3.39. The van der Waals surface area contributed by atoms with Crippen molar-refractivity contribution in [2.24, 2.45) is 0 Å². The van der Waals surface area contributed by atoms with Crippen LogP contribution in [0.4, 0.5) is 14.9 Å². The Kier molecular flexibility index (Phi) is 6.46. The molecule has 8 heteroatoms. The molecule has 2 amide bonds. The molecule has 0 radical (unpaired) electrons. The molecule has 1 aromatic heterocycles. The van der Waals surface area contributed by atoms with Crippen LogP contribution in [0.5, 0.6) is 5.75 Å². The van der Waals surface area contributed by atoms with Crippen molar-refractivity contribution in [1.29, 1.82) is 0 Å². The number of rotatable bonds is 7. The number of para-hydroxylation sites is 1. The van der Waals surface area contributed by atoms with Gasteiger partial charge in [0.1, 0.15) is 11.6 Å². The number of anilines is 1. The second kappa shape index (κ2) is 9.20. The van der Waals surface area contributed by atoms with Crippen molar-refractivity contribution < 1.29 is 19.0 Å². The third-order valence-electron chi connectivity index (χ3n) is 4.34. The molecule has 0 aliphatic carbocycles. The molecule has 3 N–H and O–H groups in total. The van der Waals surface area contributed by atoms with Crippen molar-refractivity contribution in [2.75, 3.05) is 25.1 Å². The minimum Gasteiger partial charge on any atom is -0.494 e. The monoisotopic (exact) mass is 399 g/mol. The lowest BCUT2D eigenvalue weighted by molar-refractivity contribution is 0.185. The first-order valence-electron chi connectivity index (χ1n) is 9.22. The summed E-state index contributed by atoms with van der Waals surface area (Å²) in [5, 5.41) is 12.5. The zero-order valence-electron chi connectivity index (χ0n) is 15.9. The van der Waals surface area contributed by atoms with Crippen LogP contribution in [0.15, 0.2) is 53.3 Å². The molecule has 0 saturated carbocycles. The second-order valence-corrected chi connectivity index (χ2v) is 6.36. The van der Waals surface area contributed by atoms with E-state index in [2.05, 4.69) is 10.3 Å². The fourth-order valence-electron chi connectivity index (χ4n) is 2.94. The van der Waals surface area contributed by atoms with Crippen LogP contribution in [-0.4, -0.2) is 40.8 Å². The van der Waals surface area contributed by atoms with Gasteiger partial charge in [0.25, 0.3) is 5.56 Å². The number of fused-ring (bicyclic) bond motifs is 1. The van der Waals surface area contributed by atoms with Gasteiger partial charge in [-0.2, -0.15) is 0 Å². The Labute approximate surface area is 166 Å². The summed E-state index contributed by atoms with van der Waals surface area (Å²) in [7, 11) is 0. The van der Waals surface area contributed by atoms with Gasteiger partial charge >= 0.3 is 6.03 Å². The van der Waals surface area contributed by atoms with Gasteiger partial charge in [-0.15, -0.1) is 0 Å². The number of ether oxygens (including phenoxy) is 1. The van der Waals surface area contributed by atoms with Crippen LogP contribution in [0.25, 0.3) is 10.9 Å². The van der Waals surface area contributed by atoms with Crippen LogP contribution < -0.4 is 15.6 Å². The predicted molar refractivity (Wildman–Crippen MR) is 109 cm³/mol. The van der Waals surface area contributed by atoms with E-state index in [0.717, 1.165) is 5.39 Å². The number of urea groups is 1. The van der Waals surface area contributed by atoms with E-state index in [0.29, 0.717) is 23.4 Å². The number of carbonyl (C=O) groups excluding carboxylic acids is 1. The molecule has 2 aromatic carbocycles. The summed E-state index contributed by atoms with van der Waals surface area (Å²) >= 11 is 0. The van der Waals surface area contributed by atoms with Crippen LogP contribution in [0, 0.1) is 5.82 Å². The maximum atomic E-state index is 13.8. The van der Waals surface area contributed by atoms with Crippen LogP contribution in [-0.2, 0) is 6.54 Å². The van der Waals surface area contributed by atoms with E-state index in [4.69, 9.17) is 4.74 Å². The minimum absolute atomic E-state index is 0.0171. The van der Waals surface area contributed by atoms with Crippen molar-refractivity contribution in [3.8, 4) is 5.75 Å². The maximum absolute atomic E-state index is 13.8. The minimum atomic E-state index is -0.619. The highest BCUT2D eigenvalue weighted by atomic mass is 19.1. The van der Waals surface area contributed by atoms with Gasteiger partial charge in [-0.25, -0.2) is 9.18 Å². The van der Waals surface area contributed by atoms with Crippen LogP contribution >= 0.6 is 0 Å². The molecule has 0 aliphatic heterocycles. The lowest BCUT2D eigenvalue weighted by Gasteiger charge is -2.22. The number of benzene rings is 2. The third-order valence-corrected chi connectivity index (χ3v) is 4.34. The average molecular weight is 399 g/mol. The molecule has 7 nitrogen and oxygen atoms in total. The predicted octanol–water partition coefficient (Wildman–Crippen LogP) is 3.09. The molecule has 0 aliphatic rings. The van der Waals surface area contributed by atoms with Gasteiger partial charge in [-0.05, 0) is 43.3 Å². The van der Waals surface area contributed by atoms with E-state index < -0.39 is 11.8 Å². The van der Waals surface area contributed by atoms with Gasteiger partial charge in [0.15, 0.2) is 0 Å². The van der Waals surface area contributed by atoms with Crippen molar-refractivity contribution in [3.63, 3.8) is 0 Å². The van der Waals surface area contributed by atoms with Crippen LogP contribution in [0.3, 0.4) is 0 Å². The summed E-state index contributed by atoms with van der Waals surface area (Å²) in [6, 6.07) is 12.2. The van der Waals surface area contributed by atoms with Crippen LogP contribution in [0.2, 0.25) is 0 Å². The number of halogens is 1. The van der Waals surface area contributed by atoms with Gasteiger partial charge < -0.3 is 25.0 Å². The quantitative estimate of drug-likeness (QED) is 0.569. The van der Waals surface area contributed by atoms with Gasteiger partial charge in [0, 0.05) is 23.0 Å². The van der Waals surface area contributed by atoms with Crippen molar-refractivity contribution in [1.82, 2.24) is 9.88 Å². The molecule has 0 fully saturated rings. The highest BCUT2D eigenvalue weighted by Gasteiger charge is 2.17. The summed E-state index contributed by atoms with van der Waals surface area (Å²) in [5.74, 6) is 0.0966. The Bertz CT molecular complexity index is 1070. The number of H-pyrrole nitrogens is 1. The largest absolute Gasteiger partial charge is 0.494 e. The summed E-state index contributed by atoms with van der Waals surface area (Å²) < 4.78 is 19.3. The summed E-state index contributed by atoms with van der Waals surface area (Å²) in [6.45, 7) is 2.03. The fourth-order valence-corrected chi connectivity index (χ4v) is 2.94. The number of aromatic amines is 1. The second-order valence-electron chi connectivity index (χ2n) is 6.36. The molecule has 3 rings (SSSR count). The number of pyridine rings is 1. The molecule has 0 unspecified atom stereocenters. The Morgan fingerprint density at radius 1 is 1.24 bits per heavy atom. The Morgan fingerprint density at radius 2 is 2.03 bits per heavy atom. The summed E-state index contributed by atoms with van der Waals surface area (Å²) in [6.07, 6.45) is 0. The first-order chi connectivity index (χ1) is 14.0. The zero-order valence-corrected chi connectivity index (χ0v) is 15.9. The van der Waals surface area contributed by atoms with Gasteiger partial charge in [-0.3, -0.25) is 4.79 Å². The van der Waals surface area contributed by atoms with Gasteiger partial charge in [-0.1, -0.05) is 12.1 Å². The molecule has 3 aromatic rings. The van der Waals surface area contributed by atoms with E-state index in [9.17, 15) is 19.1 Å². The Morgan fingerprint density at radius 3 is 2.76 bits per heavy atom. The molecular formula is C21H22FN3O4. The smallest absolute Gasteiger partial charge is 0.322 e. The first-order valence-corrected chi connectivity index (χ1v) is 9.22. The highest BCUT2D eigenvalue weighted by Crippen LogP contribution is 2.20. The molecule has 0 spiro atoms. The topological polar surface area (TPSA) is 94.7 Å². The number of amides is 2. The lowest BCUT2D eigenvalue weighted by Crippen LogP contribution is -2.38. The fraction of sp³-hybridized carbons (Fsp3) is 0.238. The number of carbonyl (C=O) groups is 1. The normalized spacial score (nSPS) is 10.7. The van der Waals surface area contributed by atoms with E-state index in [1.165, 1.54) is 23.1 Å². The van der Waals surface area contributed by atoms with Crippen molar-refractivity contribution in [3.05, 3.63) is 70.3 Å². The number of nitrogens with zero attached hydrogens (tertiary/aromatic N) is 1. The number of aliphatic hydroxyl groups is 1. The van der Waals surface area contributed by atoms with E-state index >= 15 is 0 Å². The molecule has 152 valence electrons. The molecule has 29 heavy (non-hydrogen) atoms. The first kappa shape index (κ1) is 20.3. The molecule has 0 saturated heterocycles. The number of hydrogen-bond acceptors (Lipinski definition) is 4. The van der Waals surface area contributed by atoms with Crippen molar-refractivity contribution >= 4 is 22.6 Å². The van der Waals surface area contributed by atoms with Gasteiger partial charge in [0.2, 0.25) is 0 Å². The van der Waals surface area contributed by atoms with Crippen molar-refractivity contribution in [2.45, 2.75) is 13.5 Å². The van der Waals surface area contributed by atoms with Crippen LogP contribution in [0.1, 0.15) is 12.5 Å². The molecule has 0 bridgehead atoms. The SMILES string of the molecule is CCOc1ccc2[nH]c(=O)c(CN(CCO)C(=O)Nc3ccccc3F)cc2c1. The third kappa shape index (κ3) is 4.91. The van der Waals surface area contributed by atoms with Gasteiger partial charge in [0.05, 0.1) is 25.4 Å². The molecular weight excluding hydrogens is 377 g/mol. The van der Waals surface area contributed by atoms with E-state index in [-0.39, 0.29) is 30.9 Å². The zero-order chi connectivity index (χ0) is 20.8. The lowest BCUT2D eigenvalue weighted by atomic mass is 10.1. The summed E-state index contributed by atoms with van der Waals surface area (Å²) in [5.41, 5.74) is 0.660. The number of nitrogens with one attached hydrogen (secondary N) is 2. The molecule has 0 atom stereocenters. The number of aromatic nitrogens is 1. The molecule has 1 heterocycles. The summed E-state index contributed by atoms with van der Waals surface area (Å²) in [4.78, 5) is 29.1. The number of aliphatic hydroxyl groups excluding tert-OH is 1. The van der Waals surface area contributed by atoms with E-state index in [1.54, 1.807) is 30.3 Å². The van der Waals surface area contributed by atoms with E-state index in [1.807, 2.05) is 6.92 Å². The Balaban J connectivity index is 1.86. The highest BCUT2D eigenvalue weighted by molar-refractivity contribution is 5.89. The standard InChI is InChI=1S/C21H22FN3O4/c1-2-29-16-7-8-18-14(12-16)11-15(20(27)23-18)13-25(9-10-26)21(28)24-19-6-4-3-5-17(19)22/h3-8,11-12,26H,2,9-10,13H2,1H3,(H,23,27)(H,24,28). The average Bonchev–Trinajstić information content (AvgIpc) is 2.70. The number of hydrogen-bond donors (Lipinski definition) is 3.